The zero-order valence-corrected chi connectivity index (χ0v) is 14.3. The number of nitrogens with one attached hydrogen (secondary N) is 1. The van der Waals surface area contributed by atoms with Crippen molar-refractivity contribution in [1.82, 2.24) is 9.97 Å². The van der Waals surface area contributed by atoms with Crippen molar-refractivity contribution in [2.24, 2.45) is 0 Å². The molecule has 4 nitrogen and oxygen atoms in total. The summed E-state index contributed by atoms with van der Waals surface area (Å²) in [5.41, 5.74) is 2.27. The Bertz CT molecular complexity index is 579. The predicted octanol–water partition coefficient (Wildman–Crippen LogP) is 4.01. The molecule has 0 unspecified atom stereocenters. The van der Waals surface area contributed by atoms with Crippen LogP contribution >= 0.6 is 15.9 Å². The standard InChI is InChI=1S/C16H21BrN4/c1-4-21(5-2)15-7-6-13(9-18-15)10-19-16-12(3)8-14(17)11-20-16/h6-9,11H,4-5,10H2,1-3H3,(H,19,20). The SMILES string of the molecule is CCN(CC)c1ccc(CNc2ncc(Br)cc2C)cn1. The van der Waals surface area contributed by atoms with Crippen LogP contribution in [0.1, 0.15) is 25.0 Å². The molecule has 0 bridgehead atoms. The Morgan fingerprint density at radius 2 is 1.90 bits per heavy atom. The van der Waals surface area contributed by atoms with Crippen LogP contribution in [0.5, 0.6) is 0 Å². The summed E-state index contributed by atoms with van der Waals surface area (Å²) in [6.07, 6.45) is 3.73. The second kappa shape index (κ2) is 7.41. The van der Waals surface area contributed by atoms with Gasteiger partial charge in [0.1, 0.15) is 11.6 Å². The molecule has 21 heavy (non-hydrogen) atoms. The zero-order valence-electron chi connectivity index (χ0n) is 12.7. The van der Waals surface area contributed by atoms with Crippen LogP contribution in [0.15, 0.2) is 35.1 Å². The van der Waals surface area contributed by atoms with E-state index in [1.54, 1.807) is 6.20 Å². The molecule has 2 aromatic heterocycles. The zero-order chi connectivity index (χ0) is 15.2. The number of aryl methyl sites for hydroxylation is 1. The average Bonchev–Trinajstić information content (AvgIpc) is 2.49. The van der Waals surface area contributed by atoms with Crippen LogP contribution in [0.3, 0.4) is 0 Å². The Balaban J connectivity index is 2.00. The number of rotatable bonds is 6. The Morgan fingerprint density at radius 3 is 2.48 bits per heavy atom. The number of hydrogen-bond donors (Lipinski definition) is 1. The third kappa shape index (κ3) is 4.17. The lowest BCUT2D eigenvalue weighted by Crippen LogP contribution is -2.22. The van der Waals surface area contributed by atoms with Gasteiger partial charge in [0.2, 0.25) is 0 Å². The molecule has 2 aromatic rings. The van der Waals surface area contributed by atoms with Gasteiger partial charge in [0.15, 0.2) is 0 Å². The summed E-state index contributed by atoms with van der Waals surface area (Å²) < 4.78 is 0.996. The van der Waals surface area contributed by atoms with Gasteiger partial charge >= 0.3 is 0 Å². The molecule has 5 heteroatoms. The van der Waals surface area contributed by atoms with E-state index in [0.717, 1.165) is 46.9 Å². The van der Waals surface area contributed by atoms with Crippen molar-refractivity contribution in [1.29, 1.82) is 0 Å². The van der Waals surface area contributed by atoms with Crippen molar-refractivity contribution < 1.29 is 0 Å². The van der Waals surface area contributed by atoms with Gasteiger partial charge in [-0.25, -0.2) is 9.97 Å². The van der Waals surface area contributed by atoms with Crippen LogP contribution in [0, 0.1) is 6.92 Å². The molecule has 0 fully saturated rings. The average molecular weight is 349 g/mol. The topological polar surface area (TPSA) is 41.0 Å². The highest BCUT2D eigenvalue weighted by atomic mass is 79.9. The van der Waals surface area contributed by atoms with Crippen molar-refractivity contribution in [2.75, 3.05) is 23.3 Å². The van der Waals surface area contributed by atoms with E-state index in [-0.39, 0.29) is 0 Å². The molecule has 0 atom stereocenters. The second-order valence-electron chi connectivity index (χ2n) is 4.87. The van der Waals surface area contributed by atoms with E-state index in [0.29, 0.717) is 0 Å². The maximum absolute atomic E-state index is 4.53. The molecule has 2 heterocycles. The first-order valence-electron chi connectivity index (χ1n) is 7.20. The van der Waals surface area contributed by atoms with E-state index >= 15 is 0 Å². The number of halogens is 1. The van der Waals surface area contributed by atoms with Crippen molar-refractivity contribution in [3.63, 3.8) is 0 Å². The summed E-state index contributed by atoms with van der Waals surface area (Å²) in [6.45, 7) is 9.00. The molecule has 2 rings (SSSR count). The fourth-order valence-electron chi connectivity index (χ4n) is 2.17. The van der Waals surface area contributed by atoms with Gasteiger partial charge in [0.05, 0.1) is 0 Å². The monoisotopic (exact) mass is 348 g/mol. The number of anilines is 2. The third-order valence-corrected chi connectivity index (χ3v) is 3.84. The fourth-order valence-corrected chi connectivity index (χ4v) is 2.61. The number of aromatic nitrogens is 2. The molecule has 112 valence electrons. The Morgan fingerprint density at radius 1 is 1.14 bits per heavy atom. The molecule has 0 spiro atoms. The first-order chi connectivity index (χ1) is 10.1. The van der Waals surface area contributed by atoms with Crippen LogP contribution in [-0.4, -0.2) is 23.1 Å². The minimum Gasteiger partial charge on any atom is -0.366 e. The molecule has 0 radical (unpaired) electrons. The summed E-state index contributed by atoms with van der Waals surface area (Å²) in [7, 11) is 0. The van der Waals surface area contributed by atoms with E-state index < -0.39 is 0 Å². The molecule has 0 aromatic carbocycles. The van der Waals surface area contributed by atoms with E-state index in [1.807, 2.05) is 13.1 Å². The van der Waals surface area contributed by atoms with Crippen molar-refractivity contribution in [3.05, 3.63) is 46.2 Å². The first kappa shape index (κ1) is 15.8. The van der Waals surface area contributed by atoms with Gasteiger partial charge in [0, 0.05) is 36.5 Å². The summed E-state index contributed by atoms with van der Waals surface area (Å²) >= 11 is 3.42. The maximum Gasteiger partial charge on any atom is 0.129 e. The lowest BCUT2D eigenvalue weighted by atomic mass is 10.2. The van der Waals surface area contributed by atoms with E-state index in [4.69, 9.17) is 0 Å². The highest BCUT2D eigenvalue weighted by Crippen LogP contribution is 2.18. The summed E-state index contributed by atoms with van der Waals surface area (Å²) in [4.78, 5) is 11.1. The summed E-state index contributed by atoms with van der Waals surface area (Å²) in [5.74, 6) is 1.94. The molecule has 1 N–H and O–H groups in total. The second-order valence-corrected chi connectivity index (χ2v) is 5.79. The Hall–Kier alpha value is -1.62. The quantitative estimate of drug-likeness (QED) is 0.856. The van der Waals surface area contributed by atoms with Crippen molar-refractivity contribution in [2.45, 2.75) is 27.3 Å². The van der Waals surface area contributed by atoms with Crippen LogP contribution in [0.2, 0.25) is 0 Å². The summed E-state index contributed by atoms with van der Waals surface area (Å²) in [6, 6.07) is 6.24. The fraction of sp³-hybridized carbons (Fsp3) is 0.375. The minimum atomic E-state index is 0.723. The maximum atomic E-state index is 4.53. The first-order valence-corrected chi connectivity index (χ1v) is 7.99. The molecule has 0 saturated carbocycles. The molecular formula is C16H21BrN4. The van der Waals surface area contributed by atoms with Crippen LogP contribution in [-0.2, 0) is 6.54 Å². The smallest absolute Gasteiger partial charge is 0.129 e. The lowest BCUT2D eigenvalue weighted by molar-refractivity contribution is 0.844. The lowest BCUT2D eigenvalue weighted by Gasteiger charge is -2.19. The Kier molecular flexibility index (Phi) is 5.56. The van der Waals surface area contributed by atoms with Gasteiger partial charge in [-0.2, -0.15) is 0 Å². The van der Waals surface area contributed by atoms with Gasteiger partial charge in [-0.3, -0.25) is 0 Å². The van der Waals surface area contributed by atoms with E-state index in [2.05, 4.69) is 68.2 Å². The van der Waals surface area contributed by atoms with Crippen molar-refractivity contribution in [3.8, 4) is 0 Å². The normalized spacial score (nSPS) is 10.5. The number of hydrogen-bond acceptors (Lipinski definition) is 4. The van der Waals surface area contributed by atoms with E-state index in [1.165, 1.54) is 0 Å². The van der Waals surface area contributed by atoms with Gasteiger partial charge in [-0.15, -0.1) is 0 Å². The Labute approximate surface area is 134 Å². The van der Waals surface area contributed by atoms with Gasteiger partial charge in [-0.1, -0.05) is 6.07 Å². The van der Waals surface area contributed by atoms with Crippen molar-refractivity contribution >= 4 is 27.6 Å². The van der Waals surface area contributed by atoms with Crippen LogP contribution in [0.25, 0.3) is 0 Å². The highest BCUT2D eigenvalue weighted by Gasteiger charge is 2.04. The third-order valence-electron chi connectivity index (χ3n) is 3.40. The molecule has 0 saturated heterocycles. The highest BCUT2D eigenvalue weighted by molar-refractivity contribution is 9.10. The molecule has 0 aliphatic heterocycles. The largest absolute Gasteiger partial charge is 0.366 e. The minimum absolute atomic E-state index is 0.723. The van der Waals surface area contributed by atoms with Gasteiger partial charge in [-0.05, 0) is 60.0 Å². The summed E-state index contributed by atoms with van der Waals surface area (Å²) in [5, 5.41) is 3.35. The molecule has 0 aliphatic rings. The molecule has 0 aliphatic carbocycles. The van der Waals surface area contributed by atoms with Crippen LogP contribution < -0.4 is 10.2 Å². The number of pyridine rings is 2. The number of nitrogens with zero attached hydrogens (tertiary/aromatic N) is 3. The predicted molar refractivity (Wildman–Crippen MR) is 91.8 cm³/mol. The molecular weight excluding hydrogens is 328 g/mol. The van der Waals surface area contributed by atoms with E-state index in [9.17, 15) is 0 Å². The van der Waals surface area contributed by atoms with Crippen LogP contribution in [0.4, 0.5) is 11.6 Å². The molecule has 0 amide bonds. The van der Waals surface area contributed by atoms with Gasteiger partial charge < -0.3 is 10.2 Å². The van der Waals surface area contributed by atoms with Gasteiger partial charge in [0.25, 0.3) is 0 Å².